The largest absolute Gasteiger partial charge is 0.459 e. The van der Waals surface area contributed by atoms with Gasteiger partial charge in [-0.1, -0.05) is 25.1 Å². The van der Waals surface area contributed by atoms with E-state index in [0.29, 0.717) is 5.75 Å². The van der Waals surface area contributed by atoms with Crippen molar-refractivity contribution in [1.29, 1.82) is 0 Å². The van der Waals surface area contributed by atoms with Crippen molar-refractivity contribution in [2.75, 3.05) is 18.1 Å². The van der Waals surface area contributed by atoms with Gasteiger partial charge in [0, 0.05) is 34.2 Å². The summed E-state index contributed by atoms with van der Waals surface area (Å²) in [6.07, 6.45) is 0. The van der Waals surface area contributed by atoms with E-state index in [1.54, 1.807) is 0 Å². The fourth-order valence-corrected chi connectivity index (χ4v) is 2.87. The predicted octanol–water partition coefficient (Wildman–Crippen LogP) is 3.16. The maximum Gasteiger partial charge on any atom is 0.134 e. The van der Waals surface area contributed by atoms with Crippen LogP contribution in [0, 0.1) is 6.92 Å². The van der Waals surface area contributed by atoms with Crippen LogP contribution in [0.3, 0.4) is 0 Å². The number of hydrogen-bond donors (Lipinski definition) is 1. The Balaban J connectivity index is 2.07. The lowest BCUT2D eigenvalue weighted by atomic mass is 10.1. The molecule has 0 saturated carbocycles. The maximum atomic E-state index is 11.4. The van der Waals surface area contributed by atoms with Crippen LogP contribution in [0.4, 0.5) is 0 Å². The fourth-order valence-electron chi connectivity index (χ4n) is 2.23. The van der Waals surface area contributed by atoms with Gasteiger partial charge in [0.1, 0.15) is 11.3 Å². The third-order valence-corrected chi connectivity index (χ3v) is 4.68. The third-order valence-electron chi connectivity index (χ3n) is 3.38. The summed E-state index contributed by atoms with van der Waals surface area (Å²) in [5, 5.41) is 4.55. The highest BCUT2D eigenvalue weighted by atomic mass is 32.2. The molecule has 1 N–H and O–H groups in total. The van der Waals surface area contributed by atoms with Gasteiger partial charge in [-0.3, -0.25) is 4.21 Å². The fraction of sp³-hybridized carbons (Fsp3) is 0.467. The van der Waals surface area contributed by atoms with E-state index in [1.165, 1.54) is 10.9 Å². The van der Waals surface area contributed by atoms with Crippen molar-refractivity contribution in [3.05, 3.63) is 35.6 Å². The molecule has 0 aliphatic carbocycles. The molecule has 104 valence electrons. The average molecular weight is 279 g/mol. The molecule has 0 saturated heterocycles. The van der Waals surface area contributed by atoms with Crippen LogP contribution in [0.25, 0.3) is 11.0 Å². The van der Waals surface area contributed by atoms with Crippen molar-refractivity contribution in [2.45, 2.75) is 26.8 Å². The van der Waals surface area contributed by atoms with Gasteiger partial charge in [-0.05, 0) is 25.5 Å². The minimum Gasteiger partial charge on any atom is -0.459 e. The first-order chi connectivity index (χ1) is 9.13. The molecule has 1 heterocycles. The van der Waals surface area contributed by atoms with Gasteiger partial charge in [0.05, 0.1) is 6.04 Å². The van der Waals surface area contributed by atoms with Crippen molar-refractivity contribution < 1.29 is 8.63 Å². The van der Waals surface area contributed by atoms with Crippen molar-refractivity contribution in [3.63, 3.8) is 0 Å². The van der Waals surface area contributed by atoms with Gasteiger partial charge >= 0.3 is 0 Å². The van der Waals surface area contributed by atoms with E-state index in [0.717, 1.165) is 23.6 Å². The molecule has 19 heavy (non-hydrogen) atoms. The molecule has 2 aromatic rings. The summed E-state index contributed by atoms with van der Waals surface area (Å²) in [6, 6.07) is 8.22. The summed E-state index contributed by atoms with van der Waals surface area (Å²) >= 11 is 0. The molecule has 0 spiro atoms. The quantitative estimate of drug-likeness (QED) is 0.883. The standard InChI is InChI=1S/C15H21NO2S/c1-4-19(17)10-9-16-12(3)15-11(2)13-7-5-6-8-14(13)18-15/h5-8,12,16H,4,9-10H2,1-3H3. The SMILES string of the molecule is CCS(=O)CCNC(C)c1oc2ccccc2c1C. The van der Waals surface area contributed by atoms with E-state index in [9.17, 15) is 4.21 Å². The average Bonchev–Trinajstić information content (AvgIpc) is 2.76. The normalized spacial score (nSPS) is 14.7. The smallest absolute Gasteiger partial charge is 0.134 e. The van der Waals surface area contributed by atoms with Crippen molar-refractivity contribution in [1.82, 2.24) is 5.32 Å². The second kappa shape index (κ2) is 6.35. The number of hydrogen-bond acceptors (Lipinski definition) is 3. The molecule has 1 aromatic carbocycles. The van der Waals surface area contributed by atoms with Crippen LogP contribution in [0.15, 0.2) is 28.7 Å². The second-order valence-corrected chi connectivity index (χ2v) is 6.56. The van der Waals surface area contributed by atoms with Crippen molar-refractivity contribution >= 4 is 21.8 Å². The van der Waals surface area contributed by atoms with Gasteiger partial charge in [-0.15, -0.1) is 0 Å². The summed E-state index contributed by atoms with van der Waals surface area (Å²) in [6.45, 7) is 6.87. The number of para-hydroxylation sites is 1. The lowest BCUT2D eigenvalue weighted by molar-refractivity contribution is 0.456. The van der Waals surface area contributed by atoms with Crippen LogP contribution in [-0.2, 0) is 10.8 Å². The van der Waals surface area contributed by atoms with Gasteiger partial charge in [-0.25, -0.2) is 0 Å². The van der Waals surface area contributed by atoms with E-state index in [1.807, 2.05) is 25.1 Å². The molecule has 2 unspecified atom stereocenters. The molecule has 0 amide bonds. The first-order valence-corrected chi connectivity index (χ1v) is 8.18. The highest BCUT2D eigenvalue weighted by Crippen LogP contribution is 2.28. The van der Waals surface area contributed by atoms with E-state index < -0.39 is 10.8 Å². The number of nitrogens with one attached hydrogen (secondary N) is 1. The van der Waals surface area contributed by atoms with E-state index in [2.05, 4.69) is 25.2 Å². The number of aryl methyl sites for hydroxylation is 1. The minimum absolute atomic E-state index is 0.140. The minimum atomic E-state index is -0.713. The summed E-state index contributed by atoms with van der Waals surface area (Å²) in [7, 11) is -0.713. The summed E-state index contributed by atoms with van der Waals surface area (Å²) in [5.74, 6) is 2.39. The third kappa shape index (κ3) is 3.25. The van der Waals surface area contributed by atoms with Gasteiger partial charge < -0.3 is 9.73 Å². The molecule has 0 bridgehead atoms. The van der Waals surface area contributed by atoms with E-state index in [-0.39, 0.29) is 6.04 Å². The Kier molecular flexibility index (Phi) is 4.77. The van der Waals surface area contributed by atoms with Crippen LogP contribution < -0.4 is 5.32 Å². The molecule has 0 aliphatic heterocycles. The van der Waals surface area contributed by atoms with Crippen LogP contribution in [0.5, 0.6) is 0 Å². The molecule has 3 nitrogen and oxygen atoms in total. The molecule has 0 fully saturated rings. The summed E-state index contributed by atoms with van der Waals surface area (Å²) < 4.78 is 17.3. The zero-order valence-corrected chi connectivity index (χ0v) is 12.5. The Morgan fingerprint density at radius 3 is 2.79 bits per heavy atom. The van der Waals surface area contributed by atoms with Gasteiger partial charge in [0.2, 0.25) is 0 Å². The van der Waals surface area contributed by atoms with E-state index >= 15 is 0 Å². The van der Waals surface area contributed by atoms with Crippen molar-refractivity contribution in [3.8, 4) is 0 Å². The van der Waals surface area contributed by atoms with E-state index in [4.69, 9.17) is 4.42 Å². The van der Waals surface area contributed by atoms with Crippen LogP contribution >= 0.6 is 0 Å². The number of benzene rings is 1. The molecular weight excluding hydrogens is 258 g/mol. The summed E-state index contributed by atoms with van der Waals surface area (Å²) in [5.41, 5.74) is 2.12. The van der Waals surface area contributed by atoms with Crippen LogP contribution in [-0.4, -0.2) is 22.3 Å². The zero-order valence-electron chi connectivity index (χ0n) is 11.7. The Labute approximate surface area is 116 Å². The Bertz CT molecular complexity index is 577. The van der Waals surface area contributed by atoms with Crippen LogP contribution in [0.1, 0.15) is 31.2 Å². The second-order valence-electron chi connectivity index (χ2n) is 4.70. The number of fused-ring (bicyclic) bond motifs is 1. The molecule has 0 radical (unpaired) electrons. The molecule has 0 aliphatic rings. The lowest BCUT2D eigenvalue weighted by Gasteiger charge is -2.11. The Morgan fingerprint density at radius 2 is 2.11 bits per heavy atom. The molecule has 2 atom stereocenters. The maximum absolute atomic E-state index is 11.4. The van der Waals surface area contributed by atoms with Gasteiger partial charge in [-0.2, -0.15) is 0 Å². The highest BCUT2D eigenvalue weighted by Gasteiger charge is 2.15. The predicted molar refractivity (Wildman–Crippen MR) is 80.9 cm³/mol. The summed E-state index contributed by atoms with van der Waals surface area (Å²) in [4.78, 5) is 0. The van der Waals surface area contributed by atoms with Gasteiger partial charge in [0.25, 0.3) is 0 Å². The first kappa shape index (κ1) is 14.3. The highest BCUT2D eigenvalue weighted by molar-refractivity contribution is 7.84. The Morgan fingerprint density at radius 1 is 1.37 bits per heavy atom. The first-order valence-electron chi connectivity index (χ1n) is 6.69. The Hall–Kier alpha value is -1.13. The number of furan rings is 1. The molecular formula is C15H21NO2S. The van der Waals surface area contributed by atoms with Gasteiger partial charge in [0.15, 0.2) is 0 Å². The molecule has 2 rings (SSSR count). The topological polar surface area (TPSA) is 42.2 Å². The number of rotatable bonds is 6. The monoisotopic (exact) mass is 279 g/mol. The molecule has 1 aromatic heterocycles. The lowest BCUT2D eigenvalue weighted by Crippen LogP contribution is -2.24. The van der Waals surface area contributed by atoms with Crippen molar-refractivity contribution in [2.24, 2.45) is 0 Å². The zero-order chi connectivity index (χ0) is 13.8. The molecule has 4 heteroatoms. The van der Waals surface area contributed by atoms with Crippen LogP contribution in [0.2, 0.25) is 0 Å².